The van der Waals surface area contributed by atoms with E-state index < -0.39 is 5.60 Å². The molecular weight excluding hydrogens is 438 g/mol. The van der Waals surface area contributed by atoms with E-state index in [0.717, 1.165) is 67.6 Å². The Balaban J connectivity index is 1.28. The standard InChI is InChI=1S/C23H31N7O2S/c1-23(32)7-2-16(3-8-23)26-21-20-18(6-11-33-20)28-22(29-21)27-17-13-25-30(14-17)19(31)12-15-4-9-24-10-5-15/h6,11,13-16,24,32H,2-5,7-10,12H2,1H3,(H2,26,27,28,29). The molecule has 1 saturated carbocycles. The van der Waals surface area contributed by atoms with Crippen LogP contribution in [0.5, 0.6) is 0 Å². The molecule has 0 unspecified atom stereocenters. The summed E-state index contributed by atoms with van der Waals surface area (Å²) in [6, 6.07) is 2.25. The van der Waals surface area contributed by atoms with E-state index in [1.807, 2.05) is 18.4 Å². The molecule has 0 aromatic carbocycles. The number of aromatic nitrogens is 4. The molecule has 176 valence electrons. The van der Waals surface area contributed by atoms with E-state index in [4.69, 9.17) is 4.98 Å². The summed E-state index contributed by atoms with van der Waals surface area (Å²) in [6.07, 6.45) is 9.28. The number of hydrogen-bond acceptors (Lipinski definition) is 9. The summed E-state index contributed by atoms with van der Waals surface area (Å²) in [4.78, 5) is 22.0. The van der Waals surface area contributed by atoms with Crippen LogP contribution >= 0.6 is 11.3 Å². The molecule has 4 heterocycles. The van der Waals surface area contributed by atoms with Crippen molar-refractivity contribution in [3.05, 3.63) is 23.8 Å². The van der Waals surface area contributed by atoms with Crippen LogP contribution in [-0.2, 0) is 0 Å². The van der Waals surface area contributed by atoms with Gasteiger partial charge in [0.05, 0.1) is 33.9 Å². The fraction of sp³-hybridized carbons (Fsp3) is 0.565. The average Bonchev–Trinajstić information content (AvgIpc) is 3.46. The van der Waals surface area contributed by atoms with Gasteiger partial charge in [0.25, 0.3) is 0 Å². The number of nitrogens with zero attached hydrogens (tertiary/aromatic N) is 4. The fourth-order valence-electron chi connectivity index (χ4n) is 4.67. The molecule has 0 amide bonds. The summed E-state index contributed by atoms with van der Waals surface area (Å²) in [5, 5.41) is 26.6. The SMILES string of the molecule is CC1(O)CCC(Nc2nc(Nc3cnn(C(=O)CC4CCNCC4)c3)nc3ccsc23)CC1. The first-order chi connectivity index (χ1) is 15.9. The third-order valence-corrected chi connectivity index (χ3v) is 7.63. The topological polar surface area (TPSA) is 117 Å². The smallest absolute Gasteiger partial charge is 0.247 e. The third-order valence-electron chi connectivity index (χ3n) is 6.72. The molecule has 33 heavy (non-hydrogen) atoms. The Morgan fingerprint density at radius 1 is 1.27 bits per heavy atom. The molecular formula is C23H31N7O2S. The molecule has 5 rings (SSSR count). The normalized spacial score (nSPS) is 24.1. The van der Waals surface area contributed by atoms with Crippen molar-refractivity contribution >= 4 is 44.9 Å². The molecule has 3 aromatic rings. The Morgan fingerprint density at radius 2 is 2.06 bits per heavy atom. The van der Waals surface area contributed by atoms with Gasteiger partial charge in [0.1, 0.15) is 5.82 Å². The molecule has 10 heteroatoms. The third kappa shape index (κ3) is 5.34. The molecule has 3 aromatic heterocycles. The Bertz CT molecular complexity index is 1110. The molecule has 2 fully saturated rings. The Morgan fingerprint density at radius 3 is 2.85 bits per heavy atom. The van der Waals surface area contributed by atoms with Gasteiger partial charge < -0.3 is 21.1 Å². The zero-order chi connectivity index (χ0) is 22.8. The number of hydrogen-bond donors (Lipinski definition) is 4. The van der Waals surface area contributed by atoms with E-state index in [1.54, 1.807) is 23.7 Å². The summed E-state index contributed by atoms with van der Waals surface area (Å²) in [7, 11) is 0. The van der Waals surface area contributed by atoms with Crippen LogP contribution in [0, 0.1) is 5.92 Å². The van der Waals surface area contributed by atoms with Crippen LogP contribution in [0.2, 0.25) is 0 Å². The predicted molar refractivity (Wildman–Crippen MR) is 130 cm³/mol. The number of carbonyl (C=O) groups is 1. The minimum Gasteiger partial charge on any atom is -0.390 e. The number of carbonyl (C=O) groups excluding carboxylic acids is 1. The van der Waals surface area contributed by atoms with Crippen molar-refractivity contribution in [3.8, 4) is 0 Å². The van der Waals surface area contributed by atoms with Crippen LogP contribution in [0.25, 0.3) is 10.2 Å². The quantitative estimate of drug-likeness (QED) is 0.431. The number of nitrogens with one attached hydrogen (secondary N) is 3. The van der Waals surface area contributed by atoms with Gasteiger partial charge in [-0.1, -0.05) is 0 Å². The zero-order valence-corrected chi connectivity index (χ0v) is 19.7. The van der Waals surface area contributed by atoms with E-state index in [1.165, 1.54) is 4.68 Å². The molecule has 0 bridgehead atoms. The van der Waals surface area contributed by atoms with Crippen LogP contribution in [0.3, 0.4) is 0 Å². The second-order valence-electron chi connectivity index (χ2n) is 9.54. The number of piperidine rings is 1. The highest BCUT2D eigenvalue weighted by atomic mass is 32.1. The zero-order valence-electron chi connectivity index (χ0n) is 18.9. The number of anilines is 3. The van der Waals surface area contributed by atoms with E-state index in [2.05, 4.69) is 26.0 Å². The molecule has 0 atom stereocenters. The number of rotatable bonds is 6. The van der Waals surface area contributed by atoms with Crippen LogP contribution in [-0.4, -0.2) is 55.5 Å². The van der Waals surface area contributed by atoms with Crippen LogP contribution in [0.1, 0.15) is 56.7 Å². The molecule has 1 saturated heterocycles. The number of fused-ring (bicyclic) bond motifs is 1. The number of aliphatic hydroxyl groups is 1. The van der Waals surface area contributed by atoms with E-state index in [9.17, 15) is 9.90 Å². The monoisotopic (exact) mass is 469 g/mol. The van der Waals surface area contributed by atoms with Gasteiger partial charge in [-0.25, -0.2) is 9.67 Å². The van der Waals surface area contributed by atoms with Crippen molar-refractivity contribution in [1.82, 2.24) is 25.1 Å². The second-order valence-corrected chi connectivity index (χ2v) is 10.5. The minimum absolute atomic E-state index is 0.0136. The van der Waals surface area contributed by atoms with E-state index >= 15 is 0 Å². The molecule has 1 aliphatic heterocycles. The van der Waals surface area contributed by atoms with Crippen molar-refractivity contribution in [2.75, 3.05) is 23.7 Å². The Kier molecular flexibility index (Phi) is 6.31. The van der Waals surface area contributed by atoms with Gasteiger partial charge in [0, 0.05) is 12.5 Å². The van der Waals surface area contributed by atoms with Crippen LogP contribution < -0.4 is 16.0 Å². The lowest BCUT2D eigenvalue weighted by Crippen LogP contribution is -2.35. The molecule has 0 spiro atoms. The lowest BCUT2D eigenvalue weighted by molar-refractivity contribution is 0.0196. The van der Waals surface area contributed by atoms with Crippen molar-refractivity contribution in [1.29, 1.82) is 0 Å². The fourth-order valence-corrected chi connectivity index (χ4v) is 5.46. The first-order valence-corrected chi connectivity index (χ1v) is 12.6. The summed E-state index contributed by atoms with van der Waals surface area (Å²) < 4.78 is 2.44. The maximum Gasteiger partial charge on any atom is 0.247 e. The average molecular weight is 470 g/mol. The second kappa shape index (κ2) is 9.36. The maximum atomic E-state index is 12.6. The first-order valence-electron chi connectivity index (χ1n) is 11.7. The van der Waals surface area contributed by atoms with Crippen molar-refractivity contribution in [3.63, 3.8) is 0 Å². The van der Waals surface area contributed by atoms with Crippen LogP contribution in [0.15, 0.2) is 23.8 Å². The highest BCUT2D eigenvalue weighted by Gasteiger charge is 2.29. The van der Waals surface area contributed by atoms with Crippen molar-refractivity contribution < 1.29 is 9.90 Å². The van der Waals surface area contributed by atoms with Gasteiger partial charge in [-0.05, 0) is 75.9 Å². The lowest BCUT2D eigenvalue weighted by atomic mass is 9.84. The Hall–Kier alpha value is -2.56. The van der Waals surface area contributed by atoms with Gasteiger partial charge >= 0.3 is 0 Å². The highest BCUT2D eigenvalue weighted by Crippen LogP contribution is 2.33. The van der Waals surface area contributed by atoms with E-state index in [0.29, 0.717) is 24.0 Å². The molecule has 4 N–H and O–H groups in total. The van der Waals surface area contributed by atoms with Crippen LogP contribution in [0.4, 0.5) is 17.5 Å². The summed E-state index contributed by atoms with van der Waals surface area (Å²) in [5.74, 6) is 1.70. The van der Waals surface area contributed by atoms with Crippen molar-refractivity contribution in [2.24, 2.45) is 5.92 Å². The van der Waals surface area contributed by atoms with Gasteiger partial charge in [-0.15, -0.1) is 11.3 Å². The van der Waals surface area contributed by atoms with E-state index in [-0.39, 0.29) is 11.9 Å². The highest BCUT2D eigenvalue weighted by molar-refractivity contribution is 7.17. The molecule has 2 aliphatic rings. The largest absolute Gasteiger partial charge is 0.390 e. The Labute approximate surface area is 197 Å². The predicted octanol–water partition coefficient (Wildman–Crippen LogP) is 3.77. The summed E-state index contributed by atoms with van der Waals surface area (Å²) >= 11 is 1.61. The van der Waals surface area contributed by atoms with Crippen molar-refractivity contribution in [2.45, 2.75) is 63.5 Å². The maximum absolute atomic E-state index is 12.6. The van der Waals surface area contributed by atoms with Gasteiger partial charge in [0.15, 0.2) is 0 Å². The number of thiophene rings is 1. The summed E-state index contributed by atoms with van der Waals surface area (Å²) in [5.41, 5.74) is 0.986. The first kappa shape index (κ1) is 22.2. The van der Waals surface area contributed by atoms with Gasteiger partial charge in [-0.2, -0.15) is 10.1 Å². The molecule has 9 nitrogen and oxygen atoms in total. The summed E-state index contributed by atoms with van der Waals surface area (Å²) in [6.45, 7) is 3.86. The van der Waals surface area contributed by atoms with Gasteiger partial charge in [0.2, 0.25) is 11.9 Å². The minimum atomic E-state index is -0.569. The molecule has 0 radical (unpaired) electrons. The lowest BCUT2D eigenvalue weighted by Gasteiger charge is -2.33. The van der Waals surface area contributed by atoms with Gasteiger partial charge in [-0.3, -0.25) is 4.79 Å². The molecule has 1 aliphatic carbocycles.